The van der Waals surface area contributed by atoms with E-state index < -0.39 is 0 Å². The van der Waals surface area contributed by atoms with Crippen LogP contribution in [0.4, 0.5) is 0 Å². The molecule has 8 heteroatoms. The first-order valence-corrected chi connectivity index (χ1v) is 10.3. The van der Waals surface area contributed by atoms with E-state index in [-0.39, 0.29) is 0 Å². The number of hydrogen-bond donors (Lipinski definition) is 0. The topological polar surface area (TPSA) is 30.9 Å². The van der Waals surface area contributed by atoms with E-state index in [1.807, 2.05) is 18.2 Å². The van der Waals surface area contributed by atoms with Gasteiger partial charge < -0.3 is 19.1 Å². The van der Waals surface area contributed by atoms with E-state index >= 15 is 0 Å². The summed E-state index contributed by atoms with van der Waals surface area (Å²) in [5, 5.41) is 1.15. The summed E-state index contributed by atoms with van der Waals surface area (Å²) in [6, 6.07) is 9.07. The first kappa shape index (κ1) is 20.7. The number of morpholine rings is 1. The van der Waals surface area contributed by atoms with E-state index in [9.17, 15) is 0 Å². The van der Waals surface area contributed by atoms with Crippen LogP contribution in [0.3, 0.4) is 0 Å². The Morgan fingerprint density at radius 1 is 1.19 bits per heavy atom. The number of rotatable bonds is 5. The van der Waals surface area contributed by atoms with Crippen molar-refractivity contribution in [3.8, 4) is 11.5 Å². The molecule has 1 heterocycles. The number of hydrogen-bond acceptors (Lipinski definition) is 4. The molecule has 0 aliphatic carbocycles. The Labute approximate surface area is 182 Å². The van der Waals surface area contributed by atoms with Crippen LogP contribution in [-0.2, 0) is 11.3 Å². The number of thiocarbonyl (C=S) groups is 1. The normalized spacial score (nSPS) is 14.1. The molecule has 0 spiro atoms. The van der Waals surface area contributed by atoms with Crippen molar-refractivity contribution in [3.05, 3.63) is 56.0 Å². The minimum absolute atomic E-state index is 0.298. The molecule has 4 nitrogen and oxygen atoms in total. The van der Waals surface area contributed by atoms with Gasteiger partial charge in [-0.1, -0.05) is 41.5 Å². The standard InChI is InChI=1S/C19H18BrCl2NO3S/c1-24-17-9-14(19(27)23-4-6-25-7-5-23)15(20)10-18(17)26-11-12-2-3-13(21)8-16(12)22/h2-3,8-10H,4-7,11H2,1H3. The van der Waals surface area contributed by atoms with Crippen LogP contribution in [0.2, 0.25) is 10.0 Å². The molecule has 27 heavy (non-hydrogen) atoms. The lowest BCUT2D eigenvalue weighted by atomic mass is 10.1. The van der Waals surface area contributed by atoms with Crippen molar-refractivity contribution < 1.29 is 14.2 Å². The van der Waals surface area contributed by atoms with Crippen molar-refractivity contribution >= 4 is 56.3 Å². The molecule has 0 radical (unpaired) electrons. The average molecular weight is 491 g/mol. The van der Waals surface area contributed by atoms with Gasteiger partial charge in [0.25, 0.3) is 0 Å². The van der Waals surface area contributed by atoms with Crippen LogP contribution in [0.25, 0.3) is 0 Å². The summed E-state index contributed by atoms with van der Waals surface area (Å²) in [5.41, 5.74) is 1.73. The van der Waals surface area contributed by atoms with E-state index in [1.165, 1.54) is 0 Å². The fourth-order valence-electron chi connectivity index (χ4n) is 2.70. The van der Waals surface area contributed by atoms with Gasteiger partial charge in [0, 0.05) is 38.7 Å². The Kier molecular flexibility index (Phi) is 7.22. The Balaban J connectivity index is 1.80. The lowest BCUT2D eigenvalue weighted by molar-refractivity contribution is 0.0692. The number of benzene rings is 2. The van der Waals surface area contributed by atoms with E-state index in [0.29, 0.717) is 41.4 Å². The largest absolute Gasteiger partial charge is 0.493 e. The fraction of sp³-hybridized carbons (Fsp3) is 0.316. The van der Waals surface area contributed by atoms with Gasteiger partial charge >= 0.3 is 0 Å². The Morgan fingerprint density at radius 2 is 1.93 bits per heavy atom. The van der Waals surface area contributed by atoms with Gasteiger partial charge in [0.2, 0.25) is 0 Å². The second-order valence-corrected chi connectivity index (χ2v) is 8.00. The Bertz CT molecular complexity index is 844. The maximum Gasteiger partial charge on any atom is 0.162 e. The van der Waals surface area contributed by atoms with Gasteiger partial charge in [-0.15, -0.1) is 0 Å². The lowest BCUT2D eigenvalue weighted by Gasteiger charge is -2.29. The summed E-state index contributed by atoms with van der Waals surface area (Å²) in [6.07, 6.45) is 0. The molecular formula is C19H18BrCl2NO3S. The van der Waals surface area contributed by atoms with Crippen molar-refractivity contribution in [2.75, 3.05) is 33.4 Å². The van der Waals surface area contributed by atoms with Gasteiger partial charge in [0.05, 0.1) is 20.3 Å². The third kappa shape index (κ3) is 5.06. The number of methoxy groups -OCH3 is 1. The van der Waals surface area contributed by atoms with Gasteiger partial charge in [-0.3, -0.25) is 0 Å². The molecule has 1 fully saturated rings. The highest BCUT2D eigenvalue weighted by Crippen LogP contribution is 2.35. The second-order valence-electron chi connectivity index (χ2n) is 5.91. The summed E-state index contributed by atoms with van der Waals surface area (Å²) in [5.74, 6) is 1.21. The Hall–Kier alpha value is -1.05. The predicted octanol–water partition coefficient (Wildman–Crippen LogP) is 5.35. The molecule has 2 aromatic carbocycles. The fourth-order valence-corrected chi connectivity index (χ4v) is 4.16. The van der Waals surface area contributed by atoms with Crippen molar-refractivity contribution in [2.45, 2.75) is 6.61 Å². The van der Waals surface area contributed by atoms with Crippen LogP contribution in [0, 0.1) is 0 Å². The van der Waals surface area contributed by atoms with Crippen LogP contribution in [-0.4, -0.2) is 43.3 Å². The van der Waals surface area contributed by atoms with Gasteiger partial charge in [-0.25, -0.2) is 0 Å². The first-order chi connectivity index (χ1) is 13.0. The molecule has 0 atom stereocenters. The highest BCUT2D eigenvalue weighted by atomic mass is 79.9. The molecule has 3 rings (SSSR count). The maximum absolute atomic E-state index is 6.22. The summed E-state index contributed by atoms with van der Waals surface area (Å²) in [7, 11) is 1.60. The molecule has 0 saturated carbocycles. The van der Waals surface area contributed by atoms with Gasteiger partial charge in [-0.2, -0.15) is 0 Å². The minimum Gasteiger partial charge on any atom is -0.493 e. The summed E-state index contributed by atoms with van der Waals surface area (Å²) in [6.45, 7) is 3.21. The van der Waals surface area contributed by atoms with Crippen LogP contribution in [0.5, 0.6) is 11.5 Å². The lowest BCUT2D eigenvalue weighted by Crippen LogP contribution is -2.40. The van der Waals surface area contributed by atoms with Gasteiger partial charge in [0.1, 0.15) is 11.6 Å². The van der Waals surface area contributed by atoms with E-state index in [0.717, 1.165) is 33.7 Å². The zero-order valence-electron chi connectivity index (χ0n) is 14.6. The Morgan fingerprint density at radius 3 is 2.59 bits per heavy atom. The monoisotopic (exact) mass is 489 g/mol. The summed E-state index contributed by atoms with van der Waals surface area (Å²) < 4.78 is 17.7. The predicted molar refractivity (Wildman–Crippen MR) is 116 cm³/mol. The van der Waals surface area contributed by atoms with E-state index in [4.69, 9.17) is 49.6 Å². The number of ether oxygens (including phenoxy) is 3. The smallest absolute Gasteiger partial charge is 0.162 e. The molecule has 0 unspecified atom stereocenters. The van der Waals surface area contributed by atoms with Gasteiger partial charge in [0.15, 0.2) is 11.5 Å². The molecule has 1 saturated heterocycles. The van der Waals surface area contributed by atoms with Crippen molar-refractivity contribution in [3.63, 3.8) is 0 Å². The van der Waals surface area contributed by atoms with Crippen LogP contribution in [0.15, 0.2) is 34.8 Å². The van der Waals surface area contributed by atoms with E-state index in [1.54, 1.807) is 19.2 Å². The molecule has 0 bridgehead atoms. The number of nitrogens with zero attached hydrogens (tertiary/aromatic N) is 1. The molecule has 2 aromatic rings. The summed E-state index contributed by atoms with van der Waals surface area (Å²) in [4.78, 5) is 2.89. The SMILES string of the molecule is COc1cc(C(=S)N2CCOCC2)c(Br)cc1OCc1ccc(Cl)cc1Cl. The third-order valence-corrected chi connectivity index (χ3v) is 5.90. The van der Waals surface area contributed by atoms with Crippen molar-refractivity contribution in [1.29, 1.82) is 0 Å². The third-order valence-electron chi connectivity index (χ3n) is 4.18. The zero-order valence-corrected chi connectivity index (χ0v) is 18.6. The second kappa shape index (κ2) is 9.43. The first-order valence-electron chi connectivity index (χ1n) is 8.31. The minimum atomic E-state index is 0.298. The van der Waals surface area contributed by atoms with E-state index in [2.05, 4.69) is 20.8 Å². The molecule has 1 aliphatic rings. The summed E-state index contributed by atoms with van der Waals surface area (Å²) >= 11 is 21.4. The highest BCUT2D eigenvalue weighted by molar-refractivity contribution is 9.10. The van der Waals surface area contributed by atoms with Crippen molar-refractivity contribution in [2.24, 2.45) is 0 Å². The molecule has 0 aromatic heterocycles. The van der Waals surface area contributed by atoms with Crippen molar-refractivity contribution in [1.82, 2.24) is 4.90 Å². The van der Waals surface area contributed by atoms with Crippen LogP contribution >= 0.6 is 51.3 Å². The molecule has 1 aliphatic heterocycles. The molecule has 144 valence electrons. The van der Waals surface area contributed by atoms with Crippen LogP contribution < -0.4 is 9.47 Å². The zero-order chi connectivity index (χ0) is 19.4. The molecular weight excluding hydrogens is 473 g/mol. The maximum atomic E-state index is 6.22. The number of halogens is 3. The highest BCUT2D eigenvalue weighted by Gasteiger charge is 2.20. The van der Waals surface area contributed by atoms with Crippen LogP contribution in [0.1, 0.15) is 11.1 Å². The quantitative estimate of drug-likeness (QED) is 0.527. The molecule has 0 N–H and O–H groups in total. The van der Waals surface area contributed by atoms with Gasteiger partial charge in [-0.05, 0) is 40.2 Å². The average Bonchev–Trinajstić information content (AvgIpc) is 2.67. The molecule has 0 amide bonds.